The van der Waals surface area contributed by atoms with E-state index in [9.17, 15) is 89.8 Å². The van der Waals surface area contributed by atoms with Crippen molar-refractivity contribution in [2.24, 2.45) is 35.1 Å². The summed E-state index contributed by atoms with van der Waals surface area (Å²) in [6, 6.07) is 51.2. The number of carbonyl (C=O) groups is 11. The molecule has 0 saturated carbocycles. The average molecular weight is 2130 g/mol. The van der Waals surface area contributed by atoms with Crippen molar-refractivity contribution in [3.63, 3.8) is 0 Å². The Morgan fingerprint density at radius 3 is 1.16 bits per heavy atom. The molecule has 3 fully saturated rings. The summed E-state index contributed by atoms with van der Waals surface area (Å²) in [5.74, 6) is -6.30. The van der Waals surface area contributed by atoms with Crippen LogP contribution in [0.3, 0.4) is 0 Å². The number of methoxy groups -OCH3 is 1. The van der Waals surface area contributed by atoms with Gasteiger partial charge in [0.05, 0.1) is 54.6 Å². The number of nitrogens with one attached hydrogen (secondary N) is 1. The van der Waals surface area contributed by atoms with E-state index in [0.717, 1.165) is 71.4 Å². The molecular formula is C112H126F5N11O19Pd-2. The van der Waals surface area contributed by atoms with Crippen LogP contribution in [0.4, 0.5) is 17.6 Å². The number of halogens is 5. The number of nitrogens with two attached hydrogens (primary N) is 2. The Labute approximate surface area is 870 Å². The van der Waals surface area contributed by atoms with Gasteiger partial charge >= 0.3 is 5.97 Å². The molecule has 30 nitrogen and oxygen atoms in total. The van der Waals surface area contributed by atoms with E-state index in [-0.39, 0.29) is 225 Å². The summed E-state index contributed by atoms with van der Waals surface area (Å²) in [6.07, 6.45) is 8.28. The summed E-state index contributed by atoms with van der Waals surface area (Å²) in [4.78, 5) is 188. The number of allylic oxidation sites excluding steroid dienone is 2. The van der Waals surface area contributed by atoms with Gasteiger partial charge in [-0.25, -0.2) is 22.4 Å². The molecule has 7 aliphatic rings. The first-order valence-corrected chi connectivity index (χ1v) is 48.4. The van der Waals surface area contributed by atoms with Crippen LogP contribution >= 0.6 is 0 Å². The zero-order valence-electron chi connectivity index (χ0n) is 83.8. The first-order valence-electron chi connectivity index (χ1n) is 48.4. The van der Waals surface area contributed by atoms with Crippen LogP contribution in [0.1, 0.15) is 177 Å². The van der Waals surface area contributed by atoms with Crippen LogP contribution in [0.25, 0.3) is 0 Å². The molecule has 6 aliphatic heterocycles. The van der Waals surface area contributed by atoms with E-state index in [1.165, 1.54) is 80.3 Å². The molecule has 0 radical (unpaired) electrons. The fourth-order valence-electron chi connectivity index (χ4n) is 17.7. The van der Waals surface area contributed by atoms with E-state index in [1.807, 2.05) is 85.5 Å². The fourth-order valence-corrected chi connectivity index (χ4v) is 17.7. The fraction of sp³-hybridized carbons (Fsp3) is 0.348. The molecule has 3 aromatic heterocycles. The van der Waals surface area contributed by atoms with Gasteiger partial charge in [0.15, 0.2) is 63.2 Å². The summed E-state index contributed by atoms with van der Waals surface area (Å²) in [5, 5.41) is 13.8. The van der Waals surface area contributed by atoms with E-state index < -0.39 is 51.3 Å². The molecule has 7 aromatic carbocycles. The number of aromatic nitrogens is 3. The topological polar surface area (TPSA) is 391 Å². The monoisotopic (exact) mass is 2130 g/mol. The maximum atomic E-state index is 13.7. The Hall–Kier alpha value is -14.2. The summed E-state index contributed by atoms with van der Waals surface area (Å²) in [5.41, 5.74) is 13.4. The van der Waals surface area contributed by atoms with Crippen LogP contribution in [0.2, 0.25) is 0 Å². The molecule has 4 unspecified atom stereocenters. The number of aryl methyl sites for hydroxylation is 4. The maximum Gasteiger partial charge on any atom is 0.338 e. The average Bonchev–Trinajstić information content (AvgIpc) is 1.66. The molecule has 4 atom stereocenters. The Kier molecular flexibility index (Phi) is 44.4. The van der Waals surface area contributed by atoms with Gasteiger partial charge in [-0.3, -0.25) is 67.9 Å². The van der Waals surface area contributed by atoms with Crippen LogP contribution in [0.5, 0.6) is 17.2 Å². The molecule has 148 heavy (non-hydrogen) atoms. The molecule has 3 amide bonds. The quantitative estimate of drug-likeness (QED) is 0.00553. The third-order valence-corrected chi connectivity index (χ3v) is 25.1. The van der Waals surface area contributed by atoms with Crippen molar-refractivity contribution in [3.8, 4) is 17.2 Å². The minimum Gasteiger partial charge on any atom is -1.00 e. The maximum absolute atomic E-state index is 13.7. The number of esters is 1. The van der Waals surface area contributed by atoms with Gasteiger partial charge in [0.25, 0.3) is 17.7 Å². The molecular weight excluding hydrogens is 2000 g/mol. The molecule has 0 bridgehead atoms. The Balaban J connectivity index is 0.000000234. The SMILES string of the molecule is CC(C)C=O.CC(C)CN1CCN2C(=O)c3c(O)c(=O)c(C(=O)CCc4ccc(F)cc4)cn3CC12.CC(C)CN1CCN2C(=O)c3c(OCc4ccccc4)c(=O)c(C(=O)CCc4ccc(F)cc4)cn3CC12.COC(=O)C1=C(OCc2ccccc2)C(=O)C(C(=O)CCc2ccc(F)cc2)=CC1CC=O.NCCN.O=C(CCc1ccc(F)cc1)c1cn2c(c(OCc3ccccc3)c1=O)C(=O)N1CCNC1C2.[CH3-].[F-].[HH].[Pd]. The second kappa shape index (κ2) is 56.1. The molecule has 17 rings (SSSR count). The van der Waals surface area contributed by atoms with Crippen molar-refractivity contribution < 1.29 is 121 Å². The first kappa shape index (κ1) is 117. The predicted octanol–water partition coefficient (Wildman–Crippen LogP) is 10.3. The van der Waals surface area contributed by atoms with Gasteiger partial charge < -0.3 is 85.6 Å². The molecule has 6 N–H and O–H groups in total. The van der Waals surface area contributed by atoms with Crippen LogP contribution in [0.15, 0.2) is 244 Å². The van der Waals surface area contributed by atoms with Gasteiger partial charge in [-0.05, 0) is 125 Å². The smallest absolute Gasteiger partial charge is 0.338 e. The van der Waals surface area contributed by atoms with Gasteiger partial charge in [-0.2, -0.15) is 0 Å². The number of rotatable bonds is 34. The van der Waals surface area contributed by atoms with E-state index in [0.29, 0.717) is 103 Å². The number of nitrogens with zero attached hydrogens (tertiary/aromatic N) is 8. The normalized spacial score (nSPS) is 16.1. The predicted molar refractivity (Wildman–Crippen MR) is 543 cm³/mol. The van der Waals surface area contributed by atoms with E-state index >= 15 is 0 Å². The minimum atomic E-state index is -0.830. The van der Waals surface area contributed by atoms with Gasteiger partial charge in [-0.1, -0.05) is 187 Å². The first-order chi connectivity index (χ1) is 69.7. The summed E-state index contributed by atoms with van der Waals surface area (Å²) >= 11 is 0. The summed E-state index contributed by atoms with van der Waals surface area (Å²) < 4.78 is 80.0. The minimum absolute atomic E-state index is 0. The molecule has 1 aliphatic carbocycles. The van der Waals surface area contributed by atoms with E-state index in [1.54, 1.807) is 96.3 Å². The molecule has 36 heteroatoms. The summed E-state index contributed by atoms with van der Waals surface area (Å²) in [6.45, 7) is 20.4. The molecule has 3 saturated heterocycles. The van der Waals surface area contributed by atoms with Gasteiger partial charge in [0, 0.05) is 150 Å². The van der Waals surface area contributed by atoms with Crippen molar-refractivity contribution in [2.45, 2.75) is 157 Å². The van der Waals surface area contributed by atoms with E-state index in [4.69, 9.17) is 30.4 Å². The Morgan fingerprint density at radius 1 is 0.459 bits per heavy atom. The Bertz CT molecular complexity index is 6580. The van der Waals surface area contributed by atoms with Crippen LogP contribution in [-0.4, -0.2) is 200 Å². The second-order valence-corrected chi connectivity index (χ2v) is 37.0. The number of aromatic hydroxyl groups is 1. The van der Waals surface area contributed by atoms with Crippen molar-refractivity contribution in [1.29, 1.82) is 0 Å². The number of ketones is 5. The number of hydrogen-bond acceptors (Lipinski definition) is 24. The zero-order chi connectivity index (χ0) is 104. The van der Waals surface area contributed by atoms with Crippen LogP contribution in [0, 0.1) is 54.4 Å². The number of aldehydes is 2. The van der Waals surface area contributed by atoms with Crippen molar-refractivity contribution in [2.75, 3.05) is 72.6 Å². The number of hydrogen-bond donors (Lipinski definition) is 4. The number of benzene rings is 7. The number of ether oxygens (including phenoxy) is 4. The molecule has 0 spiro atoms. The zero-order valence-corrected chi connectivity index (χ0v) is 85.4. The number of Topliss-reactive ketones (excluding diaryl/α,β-unsaturated/α-hetero) is 5. The molecule has 10 aromatic rings. The van der Waals surface area contributed by atoms with Crippen molar-refractivity contribution in [1.82, 2.24) is 43.5 Å². The van der Waals surface area contributed by atoms with Gasteiger partial charge in [-0.15, -0.1) is 0 Å². The van der Waals surface area contributed by atoms with Crippen molar-refractivity contribution >= 4 is 65.2 Å². The third-order valence-electron chi connectivity index (χ3n) is 25.1. The standard InChI is InChI=1S/C30H32FN3O4.C26H24FN3O4.C26H23FO6.C23H26FN3O4.C4H8O.C2H8N2.CH3.FH.Pd.H2/c1-20(2)16-32-14-15-34-26(32)18-33-17-24(25(35)13-10-21-8-11-23(31)12-9-21)28(36)29(27(33)30(34)37)38-19-22-6-4-3-5-7-22;27-19-9-6-17(7-10-19)8-11-21(31)20-14-29-15-22-28-12-13-30(22)26(33)23(29)25(24(20)32)34-16-18-4-2-1-3-5-18;1-32-26(31)23-19(13-14-28)15-21(22(29)12-9-17-7-10-20(27)11-8-17)24(30)25(23)33-16-18-5-3-2-4-6-18;1-14(2)11-25-9-10-27-19(25)13-26-12-17(21(29)22(30)20(26)23(27)31)18(28)8-5-15-3-6-16(24)7-4-15;1-4(2)3-5;3-1-2-4;;;;/h3-9,11-12,17,20,26H,10,13-16,18-19H2,1-2H3;1-7,9-10,14,22,28H,8,11-13,15-16H2;2-8,10-11,14-15,19H,9,12-13,16H2,1H3;3-4,6-7,12,14,19,30H,5,8-11,13H2,1-2H3;3-4H,1-2H3;1-4H2;1H3;1H;;1H/q;;;;;;-1;;;/p-1. The number of carbonyl (C=O) groups excluding carboxylic acids is 11. The third kappa shape index (κ3) is 30.3. The molecule has 9 heterocycles. The Morgan fingerprint density at radius 2 is 0.804 bits per heavy atom. The largest absolute Gasteiger partial charge is 1.00 e. The van der Waals surface area contributed by atoms with E-state index in [2.05, 4.69) is 42.8 Å². The second-order valence-electron chi connectivity index (χ2n) is 37.0. The van der Waals surface area contributed by atoms with Crippen LogP contribution in [-0.2, 0) is 119 Å². The number of pyridine rings is 3. The van der Waals surface area contributed by atoms with Gasteiger partial charge in [0.1, 0.15) is 74.2 Å². The number of amides is 3. The summed E-state index contributed by atoms with van der Waals surface area (Å²) in [7, 11) is 1.17. The van der Waals surface area contributed by atoms with Gasteiger partial charge in [0.2, 0.25) is 22.1 Å². The molecule has 790 valence electrons. The van der Waals surface area contributed by atoms with Crippen molar-refractivity contribution in [3.05, 3.63) is 364 Å². The number of fused-ring (bicyclic) bond motifs is 6. The van der Waals surface area contributed by atoms with Crippen LogP contribution < -0.4 is 47.2 Å².